The van der Waals surface area contributed by atoms with Gasteiger partial charge in [0.15, 0.2) is 5.78 Å². The van der Waals surface area contributed by atoms with Crippen LogP contribution in [0.1, 0.15) is 28.8 Å². The minimum Gasteiger partial charge on any atom is -0.390 e. The maximum atomic E-state index is 13.5. The first-order chi connectivity index (χ1) is 15.5. The first kappa shape index (κ1) is 21.0. The van der Waals surface area contributed by atoms with Crippen molar-refractivity contribution in [2.24, 2.45) is 11.8 Å². The maximum absolute atomic E-state index is 13.5. The van der Waals surface area contributed by atoms with Crippen molar-refractivity contribution in [3.8, 4) is 11.1 Å². The number of nitrogens with zero attached hydrogens (tertiary/aromatic N) is 1. The van der Waals surface area contributed by atoms with Crippen molar-refractivity contribution < 1.29 is 14.3 Å². The van der Waals surface area contributed by atoms with E-state index in [0.29, 0.717) is 30.4 Å². The number of Topliss-reactive ketones (excluding diaryl/α,β-unsaturated/α-hetero) is 1. The number of ketones is 1. The van der Waals surface area contributed by atoms with Crippen LogP contribution in [0.15, 0.2) is 78.9 Å². The Balaban J connectivity index is 1.17. The lowest BCUT2D eigenvalue weighted by Crippen LogP contribution is -2.34. The van der Waals surface area contributed by atoms with E-state index in [4.69, 9.17) is 0 Å². The van der Waals surface area contributed by atoms with Gasteiger partial charge in [-0.05, 0) is 53.5 Å². The molecule has 0 aromatic heterocycles. The highest BCUT2D eigenvalue weighted by Crippen LogP contribution is 2.45. The third-order valence-corrected chi connectivity index (χ3v) is 7.04. The number of hydrogen-bond acceptors (Lipinski definition) is 3. The summed E-state index contributed by atoms with van der Waals surface area (Å²) in [6.07, 6.45) is 2.32. The molecule has 1 aliphatic heterocycles. The maximum Gasteiger partial charge on any atom is 0.176 e. The molecule has 3 atom stereocenters. The lowest BCUT2D eigenvalue weighted by Gasteiger charge is -2.26. The summed E-state index contributed by atoms with van der Waals surface area (Å²) in [5.74, 6) is 0.743. The standard InChI is InChI=1S/C28H28FNO2/c29-26-8-4-7-23(13-26)21-9-11-22(12-10-21)27(31)19-30-17-24-15-28(32,16-25(24)18-30)14-20-5-2-1-3-6-20/h1-13,24-25,32H,14-19H2/t24-,25+,28?. The topological polar surface area (TPSA) is 40.5 Å². The SMILES string of the molecule is O=C(CN1C[C@@H]2CC(O)(Cc3ccccc3)C[C@@H]2C1)c1ccc(-c2cccc(F)c2)cc1. The first-order valence-corrected chi connectivity index (χ1v) is 11.4. The third-order valence-electron chi connectivity index (χ3n) is 7.04. The summed E-state index contributed by atoms with van der Waals surface area (Å²) in [6.45, 7) is 2.15. The van der Waals surface area contributed by atoms with E-state index in [1.165, 1.54) is 17.7 Å². The number of carbonyl (C=O) groups is 1. The highest BCUT2D eigenvalue weighted by atomic mass is 19.1. The van der Waals surface area contributed by atoms with Crippen molar-refractivity contribution >= 4 is 5.78 Å². The predicted octanol–water partition coefficient (Wildman–Crippen LogP) is 4.99. The number of benzene rings is 3. The Morgan fingerprint density at radius 2 is 1.59 bits per heavy atom. The Kier molecular flexibility index (Phi) is 5.66. The van der Waals surface area contributed by atoms with Gasteiger partial charge in [-0.15, -0.1) is 0 Å². The Labute approximate surface area is 188 Å². The Morgan fingerprint density at radius 1 is 0.906 bits per heavy atom. The van der Waals surface area contributed by atoms with E-state index in [9.17, 15) is 14.3 Å². The molecule has 3 aromatic carbocycles. The lowest BCUT2D eigenvalue weighted by molar-refractivity contribution is 0.0355. The van der Waals surface area contributed by atoms with Crippen LogP contribution < -0.4 is 0 Å². The number of rotatable bonds is 6. The molecule has 1 N–H and O–H groups in total. The number of halogens is 1. The molecule has 0 radical (unpaired) electrons. The summed E-state index contributed by atoms with van der Waals surface area (Å²) in [5, 5.41) is 11.1. The summed E-state index contributed by atoms with van der Waals surface area (Å²) in [4.78, 5) is 15.1. The van der Waals surface area contributed by atoms with Crippen LogP contribution in [0.3, 0.4) is 0 Å². The molecule has 1 saturated carbocycles. The molecule has 1 heterocycles. The first-order valence-electron chi connectivity index (χ1n) is 11.4. The highest BCUT2D eigenvalue weighted by molar-refractivity contribution is 5.98. The molecule has 1 saturated heterocycles. The van der Waals surface area contributed by atoms with Gasteiger partial charge in [0.1, 0.15) is 5.82 Å². The van der Waals surface area contributed by atoms with Crippen molar-refractivity contribution in [1.29, 1.82) is 0 Å². The monoisotopic (exact) mass is 429 g/mol. The molecule has 5 rings (SSSR count). The molecule has 2 fully saturated rings. The van der Waals surface area contributed by atoms with Crippen LogP contribution in [0.2, 0.25) is 0 Å². The molecule has 0 spiro atoms. The zero-order chi connectivity index (χ0) is 22.1. The minimum atomic E-state index is -0.625. The molecule has 3 aromatic rings. The molecular formula is C28H28FNO2. The van der Waals surface area contributed by atoms with Crippen molar-refractivity contribution in [2.45, 2.75) is 24.9 Å². The van der Waals surface area contributed by atoms with Gasteiger partial charge in [-0.1, -0.05) is 66.7 Å². The molecule has 2 aliphatic rings. The van der Waals surface area contributed by atoms with Gasteiger partial charge in [0.2, 0.25) is 0 Å². The zero-order valence-corrected chi connectivity index (χ0v) is 18.1. The van der Waals surface area contributed by atoms with Gasteiger partial charge in [0, 0.05) is 25.1 Å². The zero-order valence-electron chi connectivity index (χ0n) is 18.1. The quantitative estimate of drug-likeness (QED) is 0.561. The van der Waals surface area contributed by atoms with Crippen LogP contribution in [-0.4, -0.2) is 41.0 Å². The van der Waals surface area contributed by atoms with E-state index in [2.05, 4.69) is 17.0 Å². The lowest BCUT2D eigenvalue weighted by atomic mass is 9.91. The molecular weight excluding hydrogens is 401 g/mol. The number of aliphatic hydroxyl groups is 1. The summed E-state index contributed by atoms with van der Waals surface area (Å²) in [5.41, 5.74) is 2.94. The summed E-state index contributed by atoms with van der Waals surface area (Å²) in [7, 11) is 0. The Bertz CT molecular complexity index is 1080. The molecule has 4 heteroatoms. The summed E-state index contributed by atoms with van der Waals surface area (Å²) < 4.78 is 13.5. The van der Waals surface area contributed by atoms with Crippen molar-refractivity contribution in [1.82, 2.24) is 4.90 Å². The van der Waals surface area contributed by atoms with Gasteiger partial charge in [-0.25, -0.2) is 4.39 Å². The van der Waals surface area contributed by atoms with Crippen molar-refractivity contribution in [3.05, 3.63) is 95.8 Å². The van der Waals surface area contributed by atoms with Gasteiger partial charge >= 0.3 is 0 Å². The van der Waals surface area contributed by atoms with Crippen LogP contribution in [0.5, 0.6) is 0 Å². The van der Waals surface area contributed by atoms with Crippen LogP contribution in [0.25, 0.3) is 11.1 Å². The van der Waals surface area contributed by atoms with Gasteiger partial charge < -0.3 is 5.11 Å². The number of carbonyl (C=O) groups excluding carboxylic acids is 1. The van der Waals surface area contributed by atoms with E-state index < -0.39 is 5.60 Å². The van der Waals surface area contributed by atoms with Gasteiger partial charge in [-0.3, -0.25) is 9.69 Å². The fourth-order valence-corrected chi connectivity index (χ4v) is 5.62. The largest absolute Gasteiger partial charge is 0.390 e. The number of hydrogen-bond donors (Lipinski definition) is 1. The van der Waals surface area contributed by atoms with Crippen LogP contribution >= 0.6 is 0 Å². The van der Waals surface area contributed by atoms with Crippen molar-refractivity contribution in [3.63, 3.8) is 0 Å². The number of likely N-dealkylation sites (tertiary alicyclic amines) is 1. The van der Waals surface area contributed by atoms with E-state index in [1.54, 1.807) is 6.07 Å². The van der Waals surface area contributed by atoms with E-state index in [1.807, 2.05) is 48.5 Å². The normalized spacial score (nSPS) is 25.1. The van der Waals surface area contributed by atoms with E-state index >= 15 is 0 Å². The second-order valence-corrected chi connectivity index (χ2v) is 9.52. The smallest absolute Gasteiger partial charge is 0.176 e. The van der Waals surface area contributed by atoms with Crippen LogP contribution in [-0.2, 0) is 6.42 Å². The fraction of sp³-hybridized carbons (Fsp3) is 0.321. The molecule has 164 valence electrons. The third kappa shape index (κ3) is 4.52. The van der Waals surface area contributed by atoms with Gasteiger partial charge in [0.25, 0.3) is 0 Å². The predicted molar refractivity (Wildman–Crippen MR) is 124 cm³/mol. The summed E-state index contributed by atoms with van der Waals surface area (Å²) in [6, 6.07) is 24.1. The second kappa shape index (κ2) is 8.61. The molecule has 3 nitrogen and oxygen atoms in total. The Morgan fingerprint density at radius 3 is 2.25 bits per heavy atom. The molecule has 0 bridgehead atoms. The van der Waals surface area contributed by atoms with Crippen molar-refractivity contribution in [2.75, 3.05) is 19.6 Å². The van der Waals surface area contributed by atoms with E-state index in [0.717, 1.165) is 37.1 Å². The molecule has 0 amide bonds. The fourth-order valence-electron chi connectivity index (χ4n) is 5.62. The number of fused-ring (bicyclic) bond motifs is 1. The molecule has 32 heavy (non-hydrogen) atoms. The van der Waals surface area contributed by atoms with Gasteiger partial charge in [-0.2, -0.15) is 0 Å². The molecule has 1 aliphatic carbocycles. The second-order valence-electron chi connectivity index (χ2n) is 9.52. The van der Waals surface area contributed by atoms with Crippen LogP contribution in [0.4, 0.5) is 4.39 Å². The highest BCUT2D eigenvalue weighted by Gasteiger charge is 2.48. The summed E-state index contributed by atoms with van der Waals surface area (Å²) >= 11 is 0. The molecule has 1 unspecified atom stereocenters. The van der Waals surface area contributed by atoms with Crippen LogP contribution in [0, 0.1) is 17.7 Å². The minimum absolute atomic E-state index is 0.107. The average molecular weight is 430 g/mol. The average Bonchev–Trinajstić information content (AvgIpc) is 3.28. The Hall–Kier alpha value is -2.82. The van der Waals surface area contributed by atoms with E-state index in [-0.39, 0.29) is 11.6 Å². The van der Waals surface area contributed by atoms with Gasteiger partial charge in [0.05, 0.1) is 12.1 Å².